The smallest absolute Gasteiger partial charge is 0.373 e. The van der Waals surface area contributed by atoms with Crippen LogP contribution >= 0.6 is 0 Å². The summed E-state index contributed by atoms with van der Waals surface area (Å²) in [6.45, 7) is 1.19. The van der Waals surface area contributed by atoms with Gasteiger partial charge in [0.2, 0.25) is 0 Å². The molecule has 0 spiro atoms. The highest BCUT2D eigenvalue weighted by molar-refractivity contribution is 5.59. The SMILES string of the molecule is O=[N+]([O-])c1ccc(N2CCOC(Cn3cccn3)C2)c(C(F)(F)F)c1. The van der Waals surface area contributed by atoms with Gasteiger partial charge in [-0.1, -0.05) is 0 Å². The summed E-state index contributed by atoms with van der Waals surface area (Å²) in [5, 5.41) is 14.9. The van der Waals surface area contributed by atoms with Crippen LogP contribution in [-0.4, -0.2) is 40.5 Å². The van der Waals surface area contributed by atoms with Crippen LogP contribution in [0.15, 0.2) is 36.7 Å². The summed E-state index contributed by atoms with van der Waals surface area (Å²) in [5.41, 5.74) is -1.68. The highest BCUT2D eigenvalue weighted by Crippen LogP contribution is 2.39. The van der Waals surface area contributed by atoms with Gasteiger partial charge in [0, 0.05) is 43.3 Å². The van der Waals surface area contributed by atoms with Crippen molar-refractivity contribution in [2.75, 3.05) is 24.6 Å². The van der Waals surface area contributed by atoms with Crippen LogP contribution in [0.3, 0.4) is 0 Å². The Bertz CT molecular complexity index is 749. The first-order valence-corrected chi connectivity index (χ1v) is 7.54. The van der Waals surface area contributed by atoms with E-state index >= 15 is 0 Å². The zero-order valence-corrected chi connectivity index (χ0v) is 13.0. The van der Waals surface area contributed by atoms with Crippen molar-refractivity contribution in [1.29, 1.82) is 0 Å². The summed E-state index contributed by atoms with van der Waals surface area (Å²) >= 11 is 0. The Labute approximate surface area is 140 Å². The number of alkyl halides is 3. The van der Waals surface area contributed by atoms with E-state index in [1.807, 2.05) is 0 Å². The molecular formula is C15H15F3N4O3. The second kappa shape index (κ2) is 6.71. The maximum absolute atomic E-state index is 13.4. The van der Waals surface area contributed by atoms with Crippen LogP contribution in [0.4, 0.5) is 24.5 Å². The Kier molecular flexibility index (Phi) is 4.62. The summed E-state index contributed by atoms with van der Waals surface area (Å²) in [7, 11) is 0. The molecule has 0 N–H and O–H groups in total. The van der Waals surface area contributed by atoms with Crippen LogP contribution in [0.2, 0.25) is 0 Å². The molecule has 3 rings (SSSR count). The predicted octanol–water partition coefficient (Wildman–Crippen LogP) is 2.72. The van der Waals surface area contributed by atoms with Crippen molar-refractivity contribution in [3.63, 3.8) is 0 Å². The van der Waals surface area contributed by atoms with Crippen LogP contribution in [0.5, 0.6) is 0 Å². The third-order valence-corrected chi connectivity index (χ3v) is 3.93. The summed E-state index contributed by atoms with van der Waals surface area (Å²) in [6.07, 6.45) is -1.66. The van der Waals surface area contributed by atoms with E-state index in [4.69, 9.17) is 4.74 Å². The Balaban J connectivity index is 1.85. The largest absolute Gasteiger partial charge is 0.418 e. The van der Waals surface area contributed by atoms with Crippen molar-refractivity contribution in [2.24, 2.45) is 0 Å². The number of hydrogen-bond donors (Lipinski definition) is 0. The minimum atomic E-state index is -4.68. The lowest BCUT2D eigenvalue weighted by Gasteiger charge is -2.35. The molecular weight excluding hydrogens is 341 g/mol. The van der Waals surface area contributed by atoms with Crippen LogP contribution in [-0.2, 0) is 17.5 Å². The summed E-state index contributed by atoms with van der Waals surface area (Å²) in [5.74, 6) is 0. The lowest BCUT2D eigenvalue weighted by Crippen LogP contribution is -2.45. The number of morpholine rings is 1. The van der Waals surface area contributed by atoms with Crippen LogP contribution in [0.25, 0.3) is 0 Å². The van der Waals surface area contributed by atoms with E-state index in [1.165, 1.54) is 0 Å². The predicted molar refractivity (Wildman–Crippen MR) is 82.3 cm³/mol. The van der Waals surface area contributed by atoms with Gasteiger partial charge < -0.3 is 9.64 Å². The lowest BCUT2D eigenvalue weighted by atomic mass is 10.1. The van der Waals surface area contributed by atoms with Gasteiger partial charge in [-0.25, -0.2) is 0 Å². The number of hydrogen-bond acceptors (Lipinski definition) is 5. The molecule has 1 aliphatic rings. The maximum Gasteiger partial charge on any atom is 0.418 e. The van der Waals surface area contributed by atoms with Gasteiger partial charge in [-0.3, -0.25) is 14.8 Å². The van der Waals surface area contributed by atoms with Crippen molar-refractivity contribution in [2.45, 2.75) is 18.8 Å². The third-order valence-electron chi connectivity index (χ3n) is 3.93. The maximum atomic E-state index is 13.4. The highest BCUT2D eigenvalue weighted by Gasteiger charge is 2.37. The van der Waals surface area contributed by atoms with Crippen LogP contribution < -0.4 is 4.90 Å². The minimum Gasteiger partial charge on any atom is -0.373 e. The second-order valence-corrected chi connectivity index (χ2v) is 5.62. The van der Waals surface area contributed by atoms with Gasteiger partial charge >= 0.3 is 6.18 Å². The average molecular weight is 356 g/mol. The molecule has 2 aromatic rings. The zero-order chi connectivity index (χ0) is 18.0. The molecule has 0 bridgehead atoms. The van der Waals surface area contributed by atoms with E-state index in [2.05, 4.69) is 5.10 Å². The van der Waals surface area contributed by atoms with Gasteiger partial charge in [0.1, 0.15) is 0 Å². The van der Waals surface area contributed by atoms with E-state index < -0.39 is 22.4 Å². The Morgan fingerprint density at radius 3 is 2.84 bits per heavy atom. The van der Waals surface area contributed by atoms with Gasteiger partial charge in [-0.15, -0.1) is 0 Å². The topological polar surface area (TPSA) is 73.4 Å². The van der Waals surface area contributed by atoms with E-state index in [0.29, 0.717) is 12.6 Å². The van der Waals surface area contributed by atoms with Gasteiger partial charge in [0.15, 0.2) is 0 Å². The fourth-order valence-electron chi connectivity index (χ4n) is 2.81. The highest BCUT2D eigenvalue weighted by atomic mass is 19.4. The normalized spacial score (nSPS) is 18.4. The molecule has 1 saturated heterocycles. The first-order chi connectivity index (χ1) is 11.8. The molecule has 134 valence electrons. The Morgan fingerprint density at radius 2 is 2.20 bits per heavy atom. The number of nitro groups is 1. The molecule has 2 heterocycles. The number of halogens is 3. The number of aromatic nitrogens is 2. The van der Waals surface area contributed by atoms with Crippen molar-refractivity contribution in [3.8, 4) is 0 Å². The molecule has 0 aliphatic carbocycles. The van der Waals surface area contributed by atoms with Gasteiger partial charge in [0.05, 0.1) is 29.7 Å². The molecule has 1 unspecified atom stereocenters. The molecule has 1 atom stereocenters. The second-order valence-electron chi connectivity index (χ2n) is 5.62. The van der Waals surface area contributed by atoms with Crippen molar-refractivity contribution in [1.82, 2.24) is 9.78 Å². The van der Waals surface area contributed by atoms with E-state index in [-0.39, 0.29) is 31.5 Å². The molecule has 0 amide bonds. The van der Waals surface area contributed by atoms with E-state index in [1.54, 1.807) is 28.0 Å². The van der Waals surface area contributed by atoms with Crippen molar-refractivity contribution in [3.05, 3.63) is 52.3 Å². The monoisotopic (exact) mass is 356 g/mol. The number of nitrogens with zero attached hydrogens (tertiary/aromatic N) is 4. The van der Waals surface area contributed by atoms with Gasteiger partial charge in [-0.2, -0.15) is 18.3 Å². The molecule has 1 aromatic carbocycles. The molecule has 10 heteroatoms. The molecule has 25 heavy (non-hydrogen) atoms. The Morgan fingerprint density at radius 1 is 1.40 bits per heavy atom. The number of ether oxygens (including phenoxy) is 1. The summed E-state index contributed by atoms with van der Waals surface area (Å²) in [4.78, 5) is 11.5. The van der Waals surface area contributed by atoms with Gasteiger partial charge in [0.25, 0.3) is 5.69 Å². The van der Waals surface area contributed by atoms with Crippen molar-refractivity contribution < 1.29 is 22.8 Å². The fraction of sp³-hybridized carbons (Fsp3) is 0.400. The number of nitro benzene ring substituents is 1. The van der Waals surface area contributed by atoms with Gasteiger partial charge in [-0.05, 0) is 12.1 Å². The average Bonchev–Trinajstić information content (AvgIpc) is 3.06. The summed E-state index contributed by atoms with van der Waals surface area (Å²) in [6, 6.07) is 4.56. The number of rotatable bonds is 4. The minimum absolute atomic E-state index is 0.0770. The van der Waals surface area contributed by atoms with Crippen LogP contribution in [0.1, 0.15) is 5.56 Å². The summed E-state index contributed by atoms with van der Waals surface area (Å²) < 4.78 is 47.3. The zero-order valence-electron chi connectivity index (χ0n) is 13.0. The molecule has 7 nitrogen and oxygen atoms in total. The van der Waals surface area contributed by atoms with Crippen LogP contribution in [0, 0.1) is 10.1 Å². The number of benzene rings is 1. The molecule has 1 aliphatic heterocycles. The number of anilines is 1. The fourth-order valence-corrected chi connectivity index (χ4v) is 2.81. The molecule has 0 saturated carbocycles. The van der Waals surface area contributed by atoms with E-state index in [9.17, 15) is 23.3 Å². The lowest BCUT2D eigenvalue weighted by molar-refractivity contribution is -0.385. The van der Waals surface area contributed by atoms with E-state index in [0.717, 1.165) is 12.1 Å². The number of non-ortho nitro benzene ring substituents is 1. The molecule has 1 aromatic heterocycles. The third kappa shape index (κ3) is 3.90. The molecule has 0 radical (unpaired) electrons. The first kappa shape index (κ1) is 17.2. The Hall–Kier alpha value is -2.62. The quantitative estimate of drug-likeness (QED) is 0.622. The first-order valence-electron chi connectivity index (χ1n) is 7.54. The van der Waals surface area contributed by atoms with Crippen molar-refractivity contribution >= 4 is 11.4 Å². The molecule has 1 fully saturated rings. The standard InChI is InChI=1S/C15H15F3N4O3/c16-15(17,18)13-8-11(22(23)24)2-3-14(13)20-6-7-25-12(9-20)10-21-5-1-4-19-21/h1-5,8,12H,6-7,9-10H2.